The van der Waals surface area contributed by atoms with Crippen LogP contribution in [0.1, 0.15) is 155 Å². The summed E-state index contributed by atoms with van der Waals surface area (Å²) in [4.78, 5) is 21.6. The van der Waals surface area contributed by atoms with Crippen LogP contribution in [0.5, 0.6) is 0 Å². The zero-order valence-corrected chi connectivity index (χ0v) is 55.0. The van der Waals surface area contributed by atoms with Crippen LogP contribution in [0.15, 0.2) is 199 Å². The van der Waals surface area contributed by atoms with Gasteiger partial charge < -0.3 is 18.7 Å². The Bertz CT molecular complexity index is 4290. The number of carbonyl (C=O) groups is 1. The summed E-state index contributed by atoms with van der Waals surface area (Å²) in [6.45, 7) is 26.2. The van der Waals surface area contributed by atoms with Gasteiger partial charge in [-0.1, -0.05) is 191 Å². The average molecular weight is 1330 g/mol. The Labute approximate surface area is 528 Å². The second kappa shape index (κ2) is 28.1. The Hall–Kier alpha value is -8.16. The van der Waals surface area contributed by atoms with Crippen LogP contribution in [0.4, 0.5) is 0 Å². The van der Waals surface area contributed by atoms with Crippen LogP contribution in [0.3, 0.4) is 0 Å². The zero-order valence-electron chi connectivity index (χ0n) is 52.6. The minimum atomic E-state index is 0. The summed E-state index contributed by atoms with van der Waals surface area (Å²) in [5.74, 6) is 3.81. The van der Waals surface area contributed by atoms with E-state index in [1.165, 1.54) is 72.4 Å². The van der Waals surface area contributed by atoms with Crippen LogP contribution >= 0.6 is 0 Å². The molecule has 87 heavy (non-hydrogen) atoms. The summed E-state index contributed by atoms with van der Waals surface area (Å²) in [5.41, 5.74) is 15.8. The number of nitrogens with zero attached hydrogens (tertiary/aromatic N) is 4. The molecule has 0 aliphatic rings. The van der Waals surface area contributed by atoms with Crippen LogP contribution < -0.4 is 0 Å². The first-order valence-electron chi connectivity index (χ1n) is 31.1. The van der Waals surface area contributed by atoms with E-state index in [0.29, 0.717) is 11.8 Å². The summed E-state index contributed by atoms with van der Waals surface area (Å²) < 4.78 is 11.4. The van der Waals surface area contributed by atoms with Crippen molar-refractivity contribution in [1.29, 1.82) is 0 Å². The number of para-hydroxylation sites is 3. The average Bonchev–Trinajstić information content (AvgIpc) is 1.66. The second-order valence-corrected chi connectivity index (χ2v) is 24.0. The van der Waals surface area contributed by atoms with Crippen molar-refractivity contribution in [2.45, 2.75) is 132 Å². The Morgan fingerprint density at radius 1 is 0.552 bits per heavy atom. The molecule has 3 heterocycles. The van der Waals surface area contributed by atoms with Gasteiger partial charge in [-0.05, 0) is 141 Å². The Kier molecular flexibility index (Phi) is 20.5. The fraction of sp³-hybridized carbons (Fsp3) is 0.278. The standard InChI is InChI=1S/C45H35N2O.C21H23N2.C13H24O2.Ir/c1-27(2)36-24-32(29-13-6-5-7-14-29)25-37(28(3)4)43(36)47-41-20-11-10-19-40(41)46-45(47)35-18-12-17-34-39-23-31-22-21-30-15-8-9-16-33(30)38(31)26-42(39)48-44(34)35;1-15(2)18-11-8-12-19(16(3)4)20(18)23-14-13-22-21(23)17-9-6-5-7-10-17;1-5-10(6-2)12(14)9-13(15)11(7-3)8-4;/h5-17,19-28H,1-4H3;5-9,11-16H,1-4H3;9-11,14H,5-8H2,1-4H3;/q2*-1;;/b;;12-9-;. The topological polar surface area (TPSA) is 86.1 Å². The maximum atomic E-state index is 11.7. The number of aromatic nitrogens is 4. The summed E-state index contributed by atoms with van der Waals surface area (Å²) >= 11 is 0. The van der Waals surface area contributed by atoms with Gasteiger partial charge in [-0.25, -0.2) is 0 Å². The fourth-order valence-electron chi connectivity index (χ4n) is 12.2. The normalized spacial score (nSPS) is 11.9. The van der Waals surface area contributed by atoms with Gasteiger partial charge in [-0.3, -0.25) is 14.8 Å². The number of aliphatic hydroxyl groups is 1. The number of aliphatic hydroxyl groups excluding tert-OH is 1. The third-order valence-electron chi connectivity index (χ3n) is 17.1. The number of imidazole rings is 2. The quantitative estimate of drug-likeness (QED) is 0.0451. The Balaban J connectivity index is 0.000000192. The number of hydrogen-bond acceptors (Lipinski definition) is 5. The van der Waals surface area contributed by atoms with E-state index in [9.17, 15) is 9.90 Å². The molecule has 447 valence electrons. The molecule has 0 amide bonds. The molecular weight excluding hydrogens is 1250 g/mol. The molecular formula is C79H82IrN4O3-2. The molecule has 0 atom stereocenters. The third-order valence-corrected chi connectivity index (χ3v) is 17.1. The van der Waals surface area contributed by atoms with Gasteiger partial charge in [-0.2, -0.15) is 0 Å². The van der Waals surface area contributed by atoms with Crippen molar-refractivity contribution in [2.24, 2.45) is 11.8 Å². The fourth-order valence-corrected chi connectivity index (χ4v) is 12.2. The molecule has 3 aromatic heterocycles. The first-order chi connectivity index (χ1) is 41.6. The number of rotatable bonds is 16. The van der Waals surface area contributed by atoms with Crippen LogP contribution in [-0.2, 0) is 24.9 Å². The van der Waals surface area contributed by atoms with E-state index >= 15 is 0 Å². The molecule has 12 rings (SSSR count). The summed E-state index contributed by atoms with van der Waals surface area (Å²) in [6.07, 6.45) is 8.84. The van der Waals surface area contributed by atoms with Crippen LogP contribution in [0.25, 0.3) is 99.8 Å². The molecule has 0 bridgehead atoms. The van der Waals surface area contributed by atoms with E-state index in [1.54, 1.807) is 0 Å². The van der Waals surface area contributed by atoms with Crippen molar-refractivity contribution in [3.05, 3.63) is 228 Å². The van der Waals surface area contributed by atoms with E-state index < -0.39 is 0 Å². The maximum Gasteiger partial charge on any atom is 0.162 e. The summed E-state index contributed by atoms with van der Waals surface area (Å²) in [7, 11) is 0. The number of ketones is 1. The molecule has 0 saturated heterocycles. The van der Waals surface area contributed by atoms with Gasteiger partial charge in [-0.15, -0.1) is 54.1 Å². The predicted molar refractivity (Wildman–Crippen MR) is 361 cm³/mol. The van der Waals surface area contributed by atoms with E-state index in [4.69, 9.17) is 9.40 Å². The predicted octanol–water partition coefficient (Wildman–Crippen LogP) is 22.1. The van der Waals surface area contributed by atoms with Crippen LogP contribution in [0, 0.1) is 24.0 Å². The van der Waals surface area contributed by atoms with E-state index in [0.717, 1.165) is 81.4 Å². The van der Waals surface area contributed by atoms with Crippen molar-refractivity contribution in [3.8, 4) is 45.3 Å². The van der Waals surface area contributed by atoms with Gasteiger partial charge in [0.2, 0.25) is 0 Å². The summed E-state index contributed by atoms with van der Waals surface area (Å²) in [6, 6.07) is 67.0. The van der Waals surface area contributed by atoms with Gasteiger partial charge in [0.1, 0.15) is 5.58 Å². The number of carbonyl (C=O) groups excluding carboxylic acids is 1. The number of benzene rings is 9. The van der Waals surface area contributed by atoms with E-state index in [-0.39, 0.29) is 55.3 Å². The molecule has 7 nitrogen and oxygen atoms in total. The molecule has 0 aliphatic carbocycles. The minimum absolute atomic E-state index is 0. The Morgan fingerprint density at radius 2 is 1.17 bits per heavy atom. The van der Waals surface area contributed by atoms with E-state index in [2.05, 4.69) is 233 Å². The molecule has 0 spiro atoms. The first-order valence-corrected chi connectivity index (χ1v) is 31.1. The molecule has 0 fully saturated rings. The molecule has 9 aromatic carbocycles. The SMILES string of the molecule is CC(C)c1cc(-c2ccccc2)cc(C(C)C)c1-n1c(-c2[c-]ccc3c2oc2cc4c(ccc5ccccc54)cc23)nc2ccccc21.CC(C)c1cccc(C(C)C)c1-n1ccnc1-c1[c-]cccc1.CCC(CC)C(=O)/C=C(\O)C(CC)CC.[Ir]. The molecule has 8 heteroatoms. The minimum Gasteiger partial charge on any atom is -0.512 e. The number of fused-ring (bicyclic) bond motifs is 7. The van der Waals surface area contributed by atoms with Gasteiger partial charge >= 0.3 is 0 Å². The third kappa shape index (κ3) is 13.1. The van der Waals surface area contributed by atoms with Crippen molar-refractivity contribution >= 4 is 60.3 Å². The molecule has 0 aliphatic heterocycles. The first kappa shape index (κ1) is 63.3. The van der Waals surface area contributed by atoms with Gasteiger partial charge in [0.05, 0.1) is 34.0 Å². The van der Waals surface area contributed by atoms with Gasteiger partial charge in [0.25, 0.3) is 0 Å². The monoisotopic (exact) mass is 1330 g/mol. The molecule has 0 unspecified atom stereocenters. The largest absolute Gasteiger partial charge is 0.512 e. The molecule has 1 radical (unpaired) electrons. The smallest absolute Gasteiger partial charge is 0.162 e. The van der Waals surface area contributed by atoms with Gasteiger partial charge in [0.15, 0.2) is 5.78 Å². The number of allylic oxidation sites excluding steroid dienone is 2. The van der Waals surface area contributed by atoms with Crippen molar-refractivity contribution in [1.82, 2.24) is 19.1 Å². The van der Waals surface area contributed by atoms with Crippen molar-refractivity contribution < 1.29 is 34.4 Å². The Morgan fingerprint density at radius 3 is 1.82 bits per heavy atom. The number of hydrogen-bond donors (Lipinski definition) is 1. The number of furan rings is 1. The van der Waals surface area contributed by atoms with Crippen molar-refractivity contribution in [3.63, 3.8) is 0 Å². The maximum absolute atomic E-state index is 11.7. The van der Waals surface area contributed by atoms with Crippen LogP contribution in [-0.4, -0.2) is 30.0 Å². The molecule has 12 aromatic rings. The van der Waals surface area contributed by atoms with Crippen molar-refractivity contribution in [2.75, 3.05) is 0 Å². The second-order valence-electron chi connectivity index (χ2n) is 24.0. The molecule has 1 N–H and O–H groups in total. The van der Waals surface area contributed by atoms with E-state index in [1.807, 2.05) is 58.2 Å². The summed E-state index contributed by atoms with van der Waals surface area (Å²) in [5, 5.41) is 16.8. The van der Waals surface area contributed by atoms with Gasteiger partial charge in [0, 0.05) is 67.2 Å². The van der Waals surface area contributed by atoms with Crippen LogP contribution in [0.2, 0.25) is 0 Å². The molecule has 0 saturated carbocycles. The zero-order chi connectivity index (χ0) is 60.8.